The molecule has 3 aliphatic heterocycles. The number of ether oxygens (including phenoxy) is 1. The highest BCUT2D eigenvalue weighted by Crippen LogP contribution is 2.56. The maximum absolute atomic E-state index is 5.77. The number of hydrogen-bond acceptors (Lipinski definition) is 6. The molecule has 154 valence electrons. The molecular weight excluding hydrogens is 376 g/mol. The van der Waals surface area contributed by atoms with Crippen LogP contribution in [0, 0.1) is 25.7 Å². The molecule has 7 heteroatoms. The molecule has 7 nitrogen and oxygen atoms in total. The number of piperidine rings is 1. The summed E-state index contributed by atoms with van der Waals surface area (Å²) in [7, 11) is 0. The molecule has 1 saturated carbocycles. The monoisotopic (exact) mass is 402 g/mol. The maximum atomic E-state index is 5.77. The van der Waals surface area contributed by atoms with Gasteiger partial charge >= 0.3 is 0 Å². The number of nitrogens with zero attached hydrogens (tertiary/aromatic N) is 5. The van der Waals surface area contributed by atoms with Crippen LogP contribution in [-0.2, 0) is 4.74 Å². The van der Waals surface area contributed by atoms with E-state index in [0.717, 1.165) is 67.5 Å². The molecule has 3 saturated heterocycles. The summed E-state index contributed by atoms with van der Waals surface area (Å²) in [5, 5.41) is 9.41. The van der Waals surface area contributed by atoms with Crippen LogP contribution >= 0.6 is 0 Å². The molecule has 4 aliphatic rings. The van der Waals surface area contributed by atoms with Crippen LogP contribution in [0.2, 0.25) is 0 Å². The lowest BCUT2D eigenvalue weighted by Gasteiger charge is -2.28. The second-order valence-corrected chi connectivity index (χ2v) is 9.46. The van der Waals surface area contributed by atoms with Gasteiger partial charge in [-0.3, -0.25) is 0 Å². The molecule has 2 aromatic heterocycles. The molecule has 0 spiro atoms. The van der Waals surface area contributed by atoms with E-state index in [0.29, 0.717) is 18.1 Å². The summed E-state index contributed by atoms with van der Waals surface area (Å²) in [5.41, 5.74) is 4.01. The fourth-order valence-corrected chi connectivity index (χ4v) is 6.10. The number of anilines is 1. The Morgan fingerprint density at radius 3 is 2.67 bits per heavy atom. The number of benzene rings is 1. The van der Waals surface area contributed by atoms with Crippen LogP contribution in [0.4, 0.5) is 5.82 Å². The summed E-state index contributed by atoms with van der Waals surface area (Å²) in [6.45, 7) is 8.24. The Bertz CT molecular complexity index is 1160. The van der Waals surface area contributed by atoms with Gasteiger partial charge in [0.1, 0.15) is 11.6 Å². The smallest absolute Gasteiger partial charge is 0.159 e. The van der Waals surface area contributed by atoms with Gasteiger partial charge in [-0.1, -0.05) is 0 Å². The van der Waals surface area contributed by atoms with E-state index >= 15 is 0 Å². The number of fused-ring (bicyclic) bond motifs is 4. The second-order valence-electron chi connectivity index (χ2n) is 9.46. The Labute approximate surface area is 175 Å². The van der Waals surface area contributed by atoms with Crippen molar-refractivity contribution < 1.29 is 4.74 Å². The van der Waals surface area contributed by atoms with Crippen LogP contribution in [-0.4, -0.2) is 58.1 Å². The van der Waals surface area contributed by atoms with Gasteiger partial charge in [-0.05, 0) is 74.4 Å². The molecule has 3 aromatic rings. The Kier molecular flexibility index (Phi) is 3.45. The van der Waals surface area contributed by atoms with Gasteiger partial charge in [-0.25, -0.2) is 14.6 Å². The standard InChI is InChI=1S/C23H26N6O/c1-12-3-14-7-25-29(20(14)5-17(12)23-18-8-24-9-19(18)23)22-6-21(26-13(2)27-22)28-10-16-4-15(28)11-30-16/h3,5-7,15-16,18-19,23-24H,4,8-11H2,1-2H3/t15-,16-,18?,19?,23?/m1/s1. The zero-order valence-electron chi connectivity index (χ0n) is 17.4. The molecule has 1 N–H and O–H groups in total. The fourth-order valence-electron chi connectivity index (χ4n) is 6.10. The Hall–Kier alpha value is -2.51. The van der Waals surface area contributed by atoms with Gasteiger partial charge in [-0.2, -0.15) is 5.10 Å². The largest absolute Gasteiger partial charge is 0.374 e. The zero-order valence-corrected chi connectivity index (χ0v) is 17.4. The SMILES string of the molecule is Cc1nc(N2C[C@H]3C[C@@H]2CO3)cc(-n2ncc3cc(C)c(C4C5CNCC54)cc32)n1. The van der Waals surface area contributed by atoms with Crippen molar-refractivity contribution in [1.29, 1.82) is 0 Å². The Balaban J connectivity index is 1.31. The summed E-state index contributed by atoms with van der Waals surface area (Å²) < 4.78 is 7.77. The molecule has 4 fully saturated rings. The van der Waals surface area contributed by atoms with Crippen LogP contribution in [0.5, 0.6) is 0 Å². The van der Waals surface area contributed by atoms with Crippen LogP contribution in [0.25, 0.3) is 16.7 Å². The van der Waals surface area contributed by atoms with Gasteiger partial charge in [-0.15, -0.1) is 0 Å². The zero-order chi connectivity index (χ0) is 20.0. The van der Waals surface area contributed by atoms with Gasteiger partial charge in [0.15, 0.2) is 5.82 Å². The quantitative estimate of drug-likeness (QED) is 0.725. The third kappa shape index (κ3) is 2.42. The van der Waals surface area contributed by atoms with Gasteiger partial charge in [0.25, 0.3) is 0 Å². The predicted molar refractivity (Wildman–Crippen MR) is 114 cm³/mol. The van der Waals surface area contributed by atoms with E-state index in [4.69, 9.17) is 19.8 Å². The lowest BCUT2D eigenvalue weighted by atomic mass is 9.99. The lowest BCUT2D eigenvalue weighted by Crippen LogP contribution is -2.37. The van der Waals surface area contributed by atoms with E-state index in [-0.39, 0.29) is 0 Å². The summed E-state index contributed by atoms with van der Waals surface area (Å²) in [6.07, 6.45) is 3.41. The van der Waals surface area contributed by atoms with Crippen LogP contribution < -0.4 is 10.2 Å². The van der Waals surface area contributed by atoms with Crippen molar-refractivity contribution in [2.24, 2.45) is 11.8 Å². The molecule has 7 rings (SSSR count). The average molecular weight is 403 g/mol. The van der Waals surface area contributed by atoms with Crippen molar-refractivity contribution in [3.05, 3.63) is 41.3 Å². The topological polar surface area (TPSA) is 68.1 Å². The molecule has 2 bridgehead atoms. The number of morpholine rings is 1. The minimum absolute atomic E-state index is 0.345. The number of rotatable bonds is 3. The summed E-state index contributed by atoms with van der Waals surface area (Å²) >= 11 is 0. The van der Waals surface area contributed by atoms with E-state index in [1.165, 1.54) is 16.5 Å². The Morgan fingerprint density at radius 1 is 1.07 bits per heavy atom. The van der Waals surface area contributed by atoms with Crippen molar-refractivity contribution in [3.8, 4) is 5.82 Å². The van der Waals surface area contributed by atoms with Crippen molar-refractivity contribution >= 4 is 16.7 Å². The number of aromatic nitrogens is 4. The van der Waals surface area contributed by atoms with Gasteiger partial charge in [0.2, 0.25) is 0 Å². The van der Waals surface area contributed by atoms with E-state index in [1.807, 2.05) is 17.8 Å². The summed E-state index contributed by atoms with van der Waals surface area (Å²) in [5.74, 6) is 4.93. The first kappa shape index (κ1) is 17.2. The van der Waals surface area contributed by atoms with Gasteiger partial charge in [0, 0.05) is 18.0 Å². The molecule has 0 amide bonds. The highest BCUT2D eigenvalue weighted by molar-refractivity contribution is 5.82. The fraction of sp³-hybridized carbons (Fsp3) is 0.522. The van der Waals surface area contributed by atoms with Crippen molar-refractivity contribution in [2.75, 3.05) is 31.1 Å². The van der Waals surface area contributed by atoms with Gasteiger partial charge < -0.3 is 15.0 Å². The predicted octanol–water partition coefficient (Wildman–Crippen LogP) is 2.34. The van der Waals surface area contributed by atoms with Crippen molar-refractivity contribution in [2.45, 2.75) is 38.3 Å². The first-order valence-corrected chi connectivity index (χ1v) is 11.1. The molecule has 0 radical (unpaired) electrons. The summed E-state index contributed by atoms with van der Waals surface area (Å²) in [4.78, 5) is 11.9. The molecule has 5 heterocycles. The van der Waals surface area contributed by atoms with Crippen LogP contribution in [0.1, 0.15) is 29.3 Å². The minimum Gasteiger partial charge on any atom is -0.374 e. The van der Waals surface area contributed by atoms with Crippen molar-refractivity contribution in [3.63, 3.8) is 0 Å². The summed E-state index contributed by atoms with van der Waals surface area (Å²) in [6, 6.07) is 7.18. The van der Waals surface area contributed by atoms with E-state index in [9.17, 15) is 0 Å². The average Bonchev–Trinajstić information content (AvgIpc) is 3.31. The first-order valence-electron chi connectivity index (χ1n) is 11.1. The van der Waals surface area contributed by atoms with Gasteiger partial charge in [0.05, 0.1) is 30.5 Å². The molecule has 4 atom stereocenters. The third-order valence-corrected chi connectivity index (χ3v) is 7.63. The molecule has 1 aromatic carbocycles. The molecule has 2 unspecified atom stereocenters. The molecule has 1 aliphatic carbocycles. The number of hydrogen-bond donors (Lipinski definition) is 1. The second kappa shape index (κ2) is 6.02. The highest BCUT2D eigenvalue weighted by atomic mass is 16.5. The maximum Gasteiger partial charge on any atom is 0.159 e. The Morgan fingerprint density at radius 2 is 1.90 bits per heavy atom. The van der Waals surface area contributed by atoms with E-state index in [2.05, 4.69) is 35.3 Å². The minimum atomic E-state index is 0.345. The number of aryl methyl sites for hydroxylation is 2. The van der Waals surface area contributed by atoms with Crippen molar-refractivity contribution in [1.82, 2.24) is 25.1 Å². The van der Waals surface area contributed by atoms with Crippen LogP contribution in [0.15, 0.2) is 24.4 Å². The molecule has 30 heavy (non-hydrogen) atoms. The van der Waals surface area contributed by atoms with E-state index < -0.39 is 0 Å². The lowest BCUT2D eigenvalue weighted by molar-refractivity contribution is 0.0988. The van der Waals surface area contributed by atoms with Crippen LogP contribution in [0.3, 0.4) is 0 Å². The normalized spacial score (nSPS) is 31.7. The third-order valence-electron chi connectivity index (χ3n) is 7.63. The highest BCUT2D eigenvalue weighted by Gasteiger charge is 2.53. The van der Waals surface area contributed by atoms with E-state index in [1.54, 1.807) is 0 Å². The molecular formula is C23H26N6O. The first-order chi connectivity index (χ1) is 14.7. The number of nitrogens with one attached hydrogen (secondary N) is 1.